The molecular weight excluding hydrogens is 417 g/mol. The van der Waals surface area contributed by atoms with Crippen LogP contribution in [-0.2, 0) is 6.18 Å². The van der Waals surface area contributed by atoms with Crippen LogP contribution >= 0.6 is 0 Å². The van der Waals surface area contributed by atoms with Gasteiger partial charge in [-0.25, -0.2) is 4.79 Å². The Hall–Kier alpha value is -4.02. The van der Waals surface area contributed by atoms with Crippen LogP contribution in [0.3, 0.4) is 0 Å². The van der Waals surface area contributed by atoms with E-state index in [-0.39, 0.29) is 22.8 Å². The summed E-state index contributed by atoms with van der Waals surface area (Å²) >= 11 is 0. The molecule has 0 aliphatic heterocycles. The number of amides is 3. The summed E-state index contributed by atoms with van der Waals surface area (Å²) in [6, 6.07) is 6.61. The van der Waals surface area contributed by atoms with Crippen molar-refractivity contribution in [3.8, 4) is 17.2 Å². The van der Waals surface area contributed by atoms with Gasteiger partial charge >= 0.3 is 12.2 Å². The third-order valence-corrected chi connectivity index (χ3v) is 4.29. The molecule has 3 rings (SSSR count). The number of anilines is 1. The van der Waals surface area contributed by atoms with Crippen LogP contribution in [0.25, 0.3) is 10.9 Å². The number of rotatable bonds is 5. The standard InChI is InChI=1S/C20H17F3N4O4/c1-25-19(29)27-14-4-3-10(7-13(14)20(21,22)23)31-16-5-6-26-15-9-17(30-2)12(18(24)28)8-11(15)16/h3-9H,1-2H3,(H2,24,28)(H2,25,27,29). The lowest BCUT2D eigenvalue weighted by molar-refractivity contribution is -0.137. The number of fused-ring (bicyclic) bond motifs is 1. The summed E-state index contributed by atoms with van der Waals surface area (Å²) in [4.78, 5) is 27.3. The van der Waals surface area contributed by atoms with Crippen LogP contribution in [0.15, 0.2) is 42.6 Å². The number of carbonyl (C=O) groups is 2. The molecule has 4 N–H and O–H groups in total. The van der Waals surface area contributed by atoms with Crippen LogP contribution in [0.4, 0.5) is 23.7 Å². The smallest absolute Gasteiger partial charge is 0.418 e. The van der Waals surface area contributed by atoms with Crippen molar-refractivity contribution in [3.63, 3.8) is 0 Å². The summed E-state index contributed by atoms with van der Waals surface area (Å²) in [5, 5.41) is 4.65. The first-order chi connectivity index (χ1) is 14.6. The van der Waals surface area contributed by atoms with Gasteiger partial charge in [0.25, 0.3) is 5.91 Å². The van der Waals surface area contributed by atoms with Gasteiger partial charge in [0.2, 0.25) is 0 Å². The lowest BCUT2D eigenvalue weighted by Crippen LogP contribution is -2.26. The third-order valence-electron chi connectivity index (χ3n) is 4.29. The van der Waals surface area contributed by atoms with Gasteiger partial charge in [-0.05, 0) is 30.3 Å². The largest absolute Gasteiger partial charge is 0.496 e. The van der Waals surface area contributed by atoms with E-state index in [1.807, 2.05) is 0 Å². The molecular formula is C20H17F3N4O4. The molecule has 0 unspecified atom stereocenters. The zero-order valence-corrected chi connectivity index (χ0v) is 16.3. The zero-order chi connectivity index (χ0) is 22.8. The molecule has 162 valence electrons. The van der Waals surface area contributed by atoms with Crippen LogP contribution in [0, 0.1) is 0 Å². The Morgan fingerprint density at radius 1 is 1.10 bits per heavy atom. The minimum Gasteiger partial charge on any atom is -0.496 e. The van der Waals surface area contributed by atoms with E-state index in [1.165, 1.54) is 44.6 Å². The predicted octanol–water partition coefficient (Wildman–Crippen LogP) is 3.90. The molecule has 8 nitrogen and oxygen atoms in total. The molecule has 0 saturated carbocycles. The molecule has 3 aromatic rings. The molecule has 1 aromatic heterocycles. The molecule has 2 aromatic carbocycles. The maximum Gasteiger partial charge on any atom is 0.418 e. The molecule has 31 heavy (non-hydrogen) atoms. The summed E-state index contributed by atoms with van der Waals surface area (Å²) in [5.74, 6) is -0.541. The number of benzene rings is 2. The fourth-order valence-corrected chi connectivity index (χ4v) is 2.84. The fraction of sp³-hybridized carbons (Fsp3) is 0.150. The molecule has 0 bridgehead atoms. The molecule has 11 heteroatoms. The Kier molecular flexibility index (Phi) is 5.86. The summed E-state index contributed by atoms with van der Waals surface area (Å²) in [5.41, 5.74) is 4.30. The van der Waals surface area contributed by atoms with Crippen LogP contribution in [0.5, 0.6) is 17.2 Å². The number of halogens is 3. The summed E-state index contributed by atoms with van der Waals surface area (Å²) in [6.45, 7) is 0. The van der Waals surface area contributed by atoms with Crippen LogP contribution in [-0.4, -0.2) is 31.1 Å². The van der Waals surface area contributed by atoms with E-state index < -0.39 is 29.4 Å². The van der Waals surface area contributed by atoms with Crippen molar-refractivity contribution < 1.29 is 32.2 Å². The van der Waals surface area contributed by atoms with E-state index >= 15 is 0 Å². The highest BCUT2D eigenvalue weighted by Crippen LogP contribution is 2.39. The molecule has 1 heterocycles. The third kappa shape index (κ3) is 4.60. The first kappa shape index (κ1) is 21.7. The average Bonchev–Trinajstić information content (AvgIpc) is 2.73. The highest BCUT2D eigenvalue weighted by atomic mass is 19.4. The zero-order valence-electron chi connectivity index (χ0n) is 16.3. The topological polar surface area (TPSA) is 116 Å². The fourth-order valence-electron chi connectivity index (χ4n) is 2.84. The van der Waals surface area contributed by atoms with Gasteiger partial charge in [0, 0.05) is 24.7 Å². The van der Waals surface area contributed by atoms with Gasteiger partial charge in [0.05, 0.1) is 29.4 Å². The predicted molar refractivity (Wildman–Crippen MR) is 106 cm³/mol. The SMILES string of the molecule is CNC(=O)Nc1ccc(Oc2ccnc3cc(OC)c(C(N)=O)cc23)cc1C(F)(F)F. The molecule has 0 spiro atoms. The number of nitrogens with one attached hydrogen (secondary N) is 2. The highest BCUT2D eigenvalue weighted by Gasteiger charge is 2.34. The number of carbonyl (C=O) groups excluding carboxylic acids is 2. The molecule has 0 atom stereocenters. The second kappa shape index (κ2) is 8.38. The van der Waals surface area contributed by atoms with Crippen molar-refractivity contribution in [1.29, 1.82) is 0 Å². The van der Waals surface area contributed by atoms with Crippen LogP contribution in [0.1, 0.15) is 15.9 Å². The number of urea groups is 1. The Morgan fingerprint density at radius 2 is 1.84 bits per heavy atom. The van der Waals surface area contributed by atoms with E-state index in [1.54, 1.807) is 0 Å². The number of hydrogen-bond donors (Lipinski definition) is 3. The first-order valence-electron chi connectivity index (χ1n) is 8.78. The summed E-state index contributed by atoms with van der Waals surface area (Å²) in [7, 11) is 2.64. The Labute approximate surface area is 174 Å². The molecule has 3 amide bonds. The quantitative estimate of drug-likeness (QED) is 0.563. The average molecular weight is 434 g/mol. The van der Waals surface area contributed by atoms with Crippen molar-refractivity contribution >= 4 is 28.5 Å². The maximum absolute atomic E-state index is 13.5. The maximum atomic E-state index is 13.5. The minimum atomic E-state index is -4.75. The van der Waals surface area contributed by atoms with E-state index in [9.17, 15) is 22.8 Å². The summed E-state index contributed by atoms with van der Waals surface area (Å²) < 4.78 is 51.3. The lowest BCUT2D eigenvalue weighted by atomic mass is 10.1. The van der Waals surface area contributed by atoms with Gasteiger partial charge in [-0.3, -0.25) is 9.78 Å². The van der Waals surface area contributed by atoms with Crippen molar-refractivity contribution in [3.05, 3.63) is 53.7 Å². The first-order valence-corrected chi connectivity index (χ1v) is 8.78. The van der Waals surface area contributed by atoms with Gasteiger partial charge in [-0.1, -0.05) is 0 Å². The summed E-state index contributed by atoms with van der Waals surface area (Å²) in [6.07, 6.45) is -3.35. The van der Waals surface area contributed by atoms with E-state index in [0.29, 0.717) is 10.9 Å². The Morgan fingerprint density at radius 3 is 2.45 bits per heavy atom. The second-order valence-electron chi connectivity index (χ2n) is 6.25. The number of alkyl halides is 3. The van der Waals surface area contributed by atoms with Crippen LogP contribution in [0.2, 0.25) is 0 Å². The van der Waals surface area contributed by atoms with Crippen molar-refractivity contribution in [2.24, 2.45) is 5.73 Å². The van der Waals surface area contributed by atoms with Gasteiger partial charge in [-0.2, -0.15) is 13.2 Å². The van der Waals surface area contributed by atoms with Crippen molar-refractivity contribution in [2.45, 2.75) is 6.18 Å². The normalized spacial score (nSPS) is 11.1. The number of hydrogen-bond acceptors (Lipinski definition) is 5. The number of nitrogens with two attached hydrogens (primary N) is 1. The number of nitrogens with zero attached hydrogens (tertiary/aromatic N) is 1. The van der Waals surface area contributed by atoms with Crippen molar-refractivity contribution in [1.82, 2.24) is 10.3 Å². The number of methoxy groups -OCH3 is 1. The molecule has 0 saturated heterocycles. The van der Waals surface area contributed by atoms with Gasteiger partial charge in [0.15, 0.2) is 0 Å². The highest BCUT2D eigenvalue weighted by molar-refractivity contribution is 6.01. The van der Waals surface area contributed by atoms with Crippen LogP contribution < -0.4 is 25.8 Å². The minimum absolute atomic E-state index is 0.0638. The number of ether oxygens (including phenoxy) is 2. The van der Waals surface area contributed by atoms with E-state index in [2.05, 4.69) is 15.6 Å². The number of aromatic nitrogens is 1. The number of pyridine rings is 1. The number of primary amides is 1. The Bertz CT molecular complexity index is 1170. The second-order valence-corrected chi connectivity index (χ2v) is 6.25. The van der Waals surface area contributed by atoms with E-state index in [4.69, 9.17) is 15.2 Å². The lowest BCUT2D eigenvalue weighted by Gasteiger charge is -2.16. The van der Waals surface area contributed by atoms with Gasteiger partial charge in [-0.15, -0.1) is 0 Å². The van der Waals surface area contributed by atoms with Gasteiger partial charge in [0.1, 0.15) is 17.2 Å². The molecule has 0 fully saturated rings. The molecule has 0 radical (unpaired) electrons. The van der Waals surface area contributed by atoms with Crippen molar-refractivity contribution in [2.75, 3.05) is 19.5 Å². The molecule has 0 aliphatic rings. The van der Waals surface area contributed by atoms with E-state index in [0.717, 1.165) is 12.1 Å². The van der Waals surface area contributed by atoms with Gasteiger partial charge < -0.3 is 25.8 Å². The molecule has 0 aliphatic carbocycles. The Balaban J connectivity index is 2.07. The monoisotopic (exact) mass is 434 g/mol.